The zero-order valence-corrected chi connectivity index (χ0v) is 38.1. The first kappa shape index (κ1) is 55.3. The first-order chi connectivity index (χ1) is 28.0. The van der Waals surface area contributed by atoms with Crippen LogP contribution >= 0.6 is 0 Å². The molecule has 0 saturated heterocycles. The van der Waals surface area contributed by atoms with E-state index in [1.54, 1.807) is 6.08 Å². The molecule has 0 aliphatic heterocycles. The molecule has 2 atom stereocenters. The molecule has 0 aromatic heterocycles. The number of carbonyl (C=O) groups is 2. The Kier molecular flexibility index (Phi) is 45.7. The maximum atomic E-state index is 12.4. The van der Waals surface area contributed by atoms with Crippen molar-refractivity contribution in [2.45, 2.75) is 276 Å². The van der Waals surface area contributed by atoms with E-state index in [0.29, 0.717) is 19.4 Å². The number of esters is 1. The number of amides is 1. The van der Waals surface area contributed by atoms with Crippen molar-refractivity contribution in [2.75, 3.05) is 13.2 Å². The van der Waals surface area contributed by atoms with E-state index in [2.05, 4.69) is 31.3 Å². The van der Waals surface area contributed by atoms with Gasteiger partial charge in [0.15, 0.2) is 0 Å². The first-order valence-corrected chi connectivity index (χ1v) is 25.1. The summed E-state index contributed by atoms with van der Waals surface area (Å²) in [5.74, 6) is -0.0986. The maximum absolute atomic E-state index is 12.4. The maximum Gasteiger partial charge on any atom is 0.305 e. The van der Waals surface area contributed by atoms with Gasteiger partial charge in [0.2, 0.25) is 5.91 Å². The minimum Gasteiger partial charge on any atom is -0.466 e. The van der Waals surface area contributed by atoms with E-state index < -0.39 is 12.1 Å². The highest BCUT2D eigenvalue weighted by molar-refractivity contribution is 5.76. The number of aliphatic hydroxyl groups is 2. The topological polar surface area (TPSA) is 95.9 Å². The van der Waals surface area contributed by atoms with Gasteiger partial charge in [-0.05, 0) is 57.8 Å². The fourth-order valence-corrected chi connectivity index (χ4v) is 7.57. The van der Waals surface area contributed by atoms with E-state index in [-0.39, 0.29) is 18.5 Å². The number of nitrogens with one attached hydrogen (secondary N) is 1. The number of aliphatic hydroxyl groups excluding tert-OH is 2. The molecule has 0 fully saturated rings. The Morgan fingerprint density at radius 3 is 1.25 bits per heavy atom. The molecule has 0 heterocycles. The van der Waals surface area contributed by atoms with Gasteiger partial charge in [0.05, 0.1) is 25.4 Å². The molecule has 2 unspecified atom stereocenters. The molecule has 0 saturated carbocycles. The number of ether oxygens (including phenoxy) is 1. The average molecular weight is 804 g/mol. The molecule has 1 amide bonds. The summed E-state index contributed by atoms with van der Waals surface area (Å²) in [6.45, 7) is 4.83. The zero-order chi connectivity index (χ0) is 41.5. The van der Waals surface area contributed by atoms with Crippen molar-refractivity contribution in [1.29, 1.82) is 0 Å². The largest absolute Gasteiger partial charge is 0.466 e. The lowest BCUT2D eigenvalue weighted by atomic mass is 10.0. The van der Waals surface area contributed by atoms with Gasteiger partial charge < -0.3 is 20.3 Å². The number of allylic oxidation sites excluding steroid dienone is 3. The standard InChI is InChI=1S/C51H97NO5/c1-3-5-7-9-11-13-14-15-16-17-18-19-20-21-25-29-33-37-41-45-51(56)57-46-42-38-34-30-26-23-22-24-28-32-36-40-44-50(55)52-48(47-53)49(54)43-39-35-31-27-12-10-8-6-4-2/h15-16,39,43,48-49,53-54H,3-14,17-38,40-42,44-47H2,1-2H3,(H,52,55)/b16-15-,43-39+. The van der Waals surface area contributed by atoms with Crippen LogP contribution in [0.1, 0.15) is 264 Å². The predicted molar refractivity (Wildman–Crippen MR) is 246 cm³/mol. The van der Waals surface area contributed by atoms with Crippen molar-refractivity contribution in [2.24, 2.45) is 0 Å². The predicted octanol–water partition coefficient (Wildman–Crippen LogP) is 14.7. The number of hydrogen-bond acceptors (Lipinski definition) is 5. The average Bonchev–Trinajstić information content (AvgIpc) is 3.21. The van der Waals surface area contributed by atoms with Gasteiger partial charge in [-0.3, -0.25) is 9.59 Å². The molecule has 6 nitrogen and oxygen atoms in total. The van der Waals surface area contributed by atoms with Gasteiger partial charge in [-0.25, -0.2) is 0 Å². The highest BCUT2D eigenvalue weighted by atomic mass is 16.5. The van der Waals surface area contributed by atoms with E-state index in [0.717, 1.165) is 57.8 Å². The lowest BCUT2D eigenvalue weighted by molar-refractivity contribution is -0.143. The molecular formula is C51H97NO5. The normalized spacial score (nSPS) is 12.8. The van der Waals surface area contributed by atoms with Crippen LogP contribution in [-0.4, -0.2) is 47.4 Å². The van der Waals surface area contributed by atoms with Crippen LogP contribution in [0.5, 0.6) is 0 Å². The lowest BCUT2D eigenvalue weighted by Crippen LogP contribution is -2.45. The van der Waals surface area contributed by atoms with Gasteiger partial charge in [0.1, 0.15) is 0 Å². The smallest absolute Gasteiger partial charge is 0.305 e. The van der Waals surface area contributed by atoms with E-state index in [9.17, 15) is 19.8 Å². The zero-order valence-electron chi connectivity index (χ0n) is 38.1. The van der Waals surface area contributed by atoms with Crippen molar-refractivity contribution < 1.29 is 24.5 Å². The SMILES string of the molecule is CCCCCCCC/C=C\CCCCCCCCCCCC(=O)OCCCCCCCCCCCCCCC(=O)NC(CO)C(O)/C=C/CCCCCCCCC. The van der Waals surface area contributed by atoms with Crippen LogP contribution in [-0.2, 0) is 14.3 Å². The molecule has 0 rings (SSSR count). The molecule has 57 heavy (non-hydrogen) atoms. The second kappa shape index (κ2) is 47.0. The van der Waals surface area contributed by atoms with Crippen LogP contribution in [0.15, 0.2) is 24.3 Å². The third-order valence-electron chi connectivity index (χ3n) is 11.5. The fraction of sp³-hybridized carbons (Fsp3) is 0.882. The second-order valence-electron chi connectivity index (χ2n) is 17.1. The minimum absolute atomic E-state index is 0.0121. The first-order valence-electron chi connectivity index (χ1n) is 25.1. The second-order valence-corrected chi connectivity index (χ2v) is 17.1. The molecule has 336 valence electrons. The molecule has 0 spiro atoms. The summed E-state index contributed by atoms with van der Waals surface area (Å²) in [6.07, 6.45) is 54.7. The van der Waals surface area contributed by atoms with Crippen LogP contribution in [0, 0.1) is 0 Å². The Hall–Kier alpha value is -1.66. The Balaban J connectivity index is 3.43. The van der Waals surface area contributed by atoms with Gasteiger partial charge in [0, 0.05) is 12.8 Å². The molecule has 0 aliphatic carbocycles. The van der Waals surface area contributed by atoms with Crippen LogP contribution in [0.4, 0.5) is 0 Å². The summed E-state index contributed by atoms with van der Waals surface area (Å²) >= 11 is 0. The van der Waals surface area contributed by atoms with E-state index in [4.69, 9.17) is 4.74 Å². The van der Waals surface area contributed by atoms with Gasteiger partial charge in [0.25, 0.3) is 0 Å². The molecule has 0 aromatic rings. The molecule has 0 aliphatic rings. The summed E-state index contributed by atoms with van der Waals surface area (Å²) in [5, 5.41) is 22.9. The Morgan fingerprint density at radius 1 is 0.474 bits per heavy atom. The van der Waals surface area contributed by atoms with Crippen molar-refractivity contribution >= 4 is 11.9 Å². The highest BCUT2D eigenvalue weighted by Crippen LogP contribution is 2.15. The van der Waals surface area contributed by atoms with Crippen molar-refractivity contribution in [3.8, 4) is 0 Å². The van der Waals surface area contributed by atoms with Gasteiger partial charge >= 0.3 is 5.97 Å². The van der Waals surface area contributed by atoms with E-state index in [1.807, 2.05) is 6.08 Å². The van der Waals surface area contributed by atoms with Crippen LogP contribution in [0.3, 0.4) is 0 Å². The van der Waals surface area contributed by atoms with Crippen LogP contribution in [0.25, 0.3) is 0 Å². The van der Waals surface area contributed by atoms with Crippen LogP contribution in [0.2, 0.25) is 0 Å². The minimum atomic E-state index is -0.852. The lowest BCUT2D eigenvalue weighted by Gasteiger charge is -2.20. The number of unbranched alkanes of at least 4 members (excludes halogenated alkanes) is 33. The molecule has 3 N–H and O–H groups in total. The Morgan fingerprint density at radius 2 is 0.825 bits per heavy atom. The highest BCUT2D eigenvalue weighted by Gasteiger charge is 2.18. The number of rotatable bonds is 46. The Bertz CT molecular complexity index is 889. The number of carbonyl (C=O) groups excluding carboxylic acids is 2. The quantitative estimate of drug-likeness (QED) is 0.0324. The summed E-state index contributed by atoms with van der Waals surface area (Å²) in [7, 11) is 0. The molecular weight excluding hydrogens is 707 g/mol. The molecule has 0 radical (unpaired) electrons. The van der Waals surface area contributed by atoms with Crippen molar-refractivity contribution in [3.63, 3.8) is 0 Å². The molecule has 0 aromatic carbocycles. The van der Waals surface area contributed by atoms with Gasteiger partial charge in [-0.15, -0.1) is 0 Å². The summed E-state index contributed by atoms with van der Waals surface area (Å²) in [5.41, 5.74) is 0. The van der Waals surface area contributed by atoms with E-state index >= 15 is 0 Å². The van der Waals surface area contributed by atoms with Crippen molar-refractivity contribution in [1.82, 2.24) is 5.32 Å². The summed E-state index contributed by atoms with van der Waals surface area (Å²) in [4.78, 5) is 24.4. The number of hydrogen-bond donors (Lipinski definition) is 3. The van der Waals surface area contributed by atoms with Gasteiger partial charge in [-0.2, -0.15) is 0 Å². The van der Waals surface area contributed by atoms with Crippen molar-refractivity contribution in [3.05, 3.63) is 24.3 Å². The molecule has 0 bridgehead atoms. The van der Waals surface area contributed by atoms with Gasteiger partial charge in [-0.1, -0.05) is 218 Å². The summed E-state index contributed by atoms with van der Waals surface area (Å²) in [6, 6.07) is -0.637. The third kappa shape index (κ3) is 43.7. The monoisotopic (exact) mass is 804 g/mol. The van der Waals surface area contributed by atoms with E-state index in [1.165, 1.54) is 180 Å². The Labute approximate surface area is 354 Å². The fourth-order valence-electron chi connectivity index (χ4n) is 7.57. The molecule has 6 heteroatoms. The summed E-state index contributed by atoms with van der Waals surface area (Å²) < 4.78 is 5.47. The van der Waals surface area contributed by atoms with Crippen LogP contribution < -0.4 is 5.32 Å². The third-order valence-corrected chi connectivity index (χ3v) is 11.5.